The number of hydrogen-bond donors (Lipinski definition) is 1. The molecule has 114 valence electrons. The van der Waals surface area contributed by atoms with E-state index in [1.54, 1.807) is 6.92 Å². The van der Waals surface area contributed by atoms with Gasteiger partial charge in [0.25, 0.3) is 5.56 Å². The van der Waals surface area contributed by atoms with Crippen LogP contribution in [0.4, 0.5) is 18.9 Å². The fourth-order valence-corrected chi connectivity index (χ4v) is 2.42. The van der Waals surface area contributed by atoms with E-state index in [1.807, 2.05) is 13.8 Å². The summed E-state index contributed by atoms with van der Waals surface area (Å²) in [7, 11) is 0. The average Bonchev–Trinajstić information content (AvgIpc) is 2.67. The molecule has 2 N–H and O–H groups in total. The molecule has 2 rings (SSSR count). The molecule has 0 unspecified atom stereocenters. The number of nitrogens with zero attached hydrogens (tertiary/aromatic N) is 2. The lowest BCUT2D eigenvalue weighted by Crippen LogP contribution is -2.22. The molecule has 1 aromatic carbocycles. The zero-order valence-corrected chi connectivity index (χ0v) is 12.0. The lowest BCUT2D eigenvalue weighted by atomic mass is 10.1. The number of hydrogen-bond acceptors (Lipinski definition) is 2. The Hall–Kier alpha value is -2.18. The first-order valence-corrected chi connectivity index (χ1v) is 6.55. The first-order valence-electron chi connectivity index (χ1n) is 6.55. The zero-order chi connectivity index (χ0) is 15.9. The summed E-state index contributed by atoms with van der Waals surface area (Å²) in [6, 6.07) is 1.55. The van der Waals surface area contributed by atoms with Gasteiger partial charge in [-0.1, -0.05) is 13.8 Å². The van der Waals surface area contributed by atoms with Crippen LogP contribution in [0.3, 0.4) is 0 Å². The molecule has 1 heterocycles. The highest BCUT2D eigenvalue weighted by Crippen LogP contribution is 2.23. The molecule has 0 saturated carbocycles. The van der Waals surface area contributed by atoms with Crippen molar-refractivity contribution in [1.82, 2.24) is 9.36 Å². The van der Waals surface area contributed by atoms with E-state index in [9.17, 15) is 18.0 Å². The summed E-state index contributed by atoms with van der Waals surface area (Å²) in [6.45, 7) is 5.86. The van der Waals surface area contributed by atoms with Gasteiger partial charge in [-0.15, -0.1) is 0 Å². The summed E-state index contributed by atoms with van der Waals surface area (Å²) >= 11 is 0. The largest absolute Gasteiger partial charge is 0.393 e. The van der Waals surface area contributed by atoms with E-state index in [4.69, 9.17) is 5.73 Å². The van der Waals surface area contributed by atoms with E-state index < -0.39 is 23.0 Å². The lowest BCUT2D eigenvalue weighted by Gasteiger charge is -2.15. The Labute approximate surface area is 119 Å². The van der Waals surface area contributed by atoms with Crippen LogP contribution in [0, 0.1) is 17.5 Å². The van der Waals surface area contributed by atoms with E-state index in [1.165, 1.54) is 4.68 Å². The van der Waals surface area contributed by atoms with Crippen molar-refractivity contribution in [1.29, 1.82) is 0 Å². The molecule has 21 heavy (non-hydrogen) atoms. The first-order chi connectivity index (χ1) is 9.79. The second-order valence-electron chi connectivity index (χ2n) is 5.01. The Morgan fingerprint density at radius 1 is 1.19 bits per heavy atom. The normalized spacial score (nSPS) is 11.4. The van der Waals surface area contributed by atoms with E-state index in [0.717, 1.165) is 16.8 Å². The fraction of sp³-hybridized carbons (Fsp3) is 0.357. The molecule has 0 saturated heterocycles. The molecule has 0 radical (unpaired) electrons. The molecule has 0 atom stereocenters. The third-order valence-electron chi connectivity index (χ3n) is 3.28. The Morgan fingerprint density at radius 2 is 1.71 bits per heavy atom. The second-order valence-corrected chi connectivity index (χ2v) is 5.01. The fourth-order valence-electron chi connectivity index (χ4n) is 2.42. The van der Waals surface area contributed by atoms with Gasteiger partial charge in [0.2, 0.25) is 0 Å². The molecule has 0 bridgehead atoms. The van der Waals surface area contributed by atoms with E-state index >= 15 is 0 Å². The molecule has 0 aliphatic carbocycles. The van der Waals surface area contributed by atoms with Crippen LogP contribution >= 0.6 is 0 Å². The van der Waals surface area contributed by atoms with Gasteiger partial charge in [-0.05, 0) is 12.8 Å². The molecule has 4 nitrogen and oxygen atoms in total. The maximum atomic E-state index is 13.4. The van der Waals surface area contributed by atoms with Gasteiger partial charge in [0.05, 0.1) is 11.4 Å². The number of nitrogen functional groups attached to an aromatic ring is 1. The highest BCUT2D eigenvalue weighted by Gasteiger charge is 2.22. The van der Waals surface area contributed by atoms with Crippen molar-refractivity contribution in [3.8, 4) is 5.69 Å². The van der Waals surface area contributed by atoms with Gasteiger partial charge in [-0.3, -0.25) is 9.48 Å². The van der Waals surface area contributed by atoms with Crippen molar-refractivity contribution < 1.29 is 13.2 Å². The quantitative estimate of drug-likeness (QED) is 0.886. The number of anilines is 1. The minimum Gasteiger partial charge on any atom is -0.393 e. The van der Waals surface area contributed by atoms with Gasteiger partial charge >= 0.3 is 0 Å². The maximum absolute atomic E-state index is 13.4. The van der Waals surface area contributed by atoms with Crippen molar-refractivity contribution in [3.05, 3.63) is 45.6 Å². The molecule has 0 aliphatic rings. The van der Waals surface area contributed by atoms with Crippen LogP contribution in [0.15, 0.2) is 16.9 Å². The third kappa shape index (κ3) is 2.32. The summed E-state index contributed by atoms with van der Waals surface area (Å²) in [5.41, 5.74) is 5.73. The van der Waals surface area contributed by atoms with Crippen molar-refractivity contribution in [2.75, 3.05) is 5.73 Å². The number of rotatable bonds is 3. The van der Waals surface area contributed by atoms with Gasteiger partial charge in [0, 0.05) is 18.7 Å². The molecule has 0 amide bonds. The molecule has 0 fully saturated rings. The van der Waals surface area contributed by atoms with Gasteiger partial charge in [0.15, 0.2) is 17.5 Å². The molecule has 2 aromatic rings. The number of halogens is 3. The highest BCUT2D eigenvalue weighted by molar-refractivity contribution is 5.47. The van der Waals surface area contributed by atoms with E-state index in [-0.39, 0.29) is 17.3 Å². The van der Waals surface area contributed by atoms with Crippen molar-refractivity contribution >= 4 is 5.69 Å². The minimum absolute atomic E-state index is 0.0250. The summed E-state index contributed by atoms with van der Waals surface area (Å²) in [5.74, 6) is -4.33. The Balaban J connectivity index is 2.82. The van der Waals surface area contributed by atoms with Crippen LogP contribution in [0.25, 0.3) is 5.69 Å². The standard InChI is InChI=1S/C14H16F3N3O/c1-4-19-13(7(2)3)12(18)14(21)20(19)8-5-9(15)11(17)10(16)6-8/h5-7H,4,18H2,1-3H3. The summed E-state index contributed by atoms with van der Waals surface area (Å²) in [6.07, 6.45) is 0. The van der Waals surface area contributed by atoms with Gasteiger partial charge < -0.3 is 5.73 Å². The van der Waals surface area contributed by atoms with E-state index in [2.05, 4.69) is 0 Å². The van der Waals surface area contributed by atoms with Crippen molar-refractivity contribution in [3.63, 3.8) is 0 Å². The first kappa shape index (κ1) is 15.2. The van der Waals surface area contributed by atoms with Crippen LogP contribution in [0.5, 0.6) is 0 Å². The van der Waals surface area contributed by atoms with E-state index in [0.29, 0.717) is 12.2 Å². The summed E-state index contributed by atoms with van der Waals surface area (Å²) in [5, 5.41) is 0. The molecule has 0 spiro atoms. The molecular formula is C14H16F3N3O. The van der Waals surface area contributed by atoms with Gasteiger partial charge in [0.1, 0.15) is 5.69 Å². The molecule has 1 aromatic heterocycles. The summed E-state index contributed by atoms with van der Waals surface area (Å²) in [4.78, 5) is 12.3. The molecular weight excluding hydrogens is 283 g/mol. The predicted molar refractivity (Wildman–Crippen MR) is 74.1 cm³/mol. The Morgan fingerprint density at radius 3 is 2.14 bits per heavy atom. The summed E-state index contributed by atoms with van der Waals surface area (Å²) < 4.78 is 42.4. The van der Waals surface area contributed by atoms with Crippen LogP contribution in [0.1, 0.15) is 32.4 Å². The highest BCUT2D eigenvalue weighted by atomic mass is 19.2. The third-order valence-corrected chi connectivity index (χ3v) is 3.28. The molecule has 7 heteroatoms. The Bertz CT molecular complexity index is 724. The Kier molecular flexibility index (Phi) is 3.85. The van der Waals surface area contributed by atoms with Crippen molar-refractivity contribution in [2.45, 2.75) is 33.2 Å². The van der Waals surface area contributed by atoms with Crippen LogP contribution in [-0.2, 0) is 6.54 Å². The average molecular weight is 299 g/mol. The molecule has 0 aliphatic heterocycles. The maximum Gasteiger partial charge on any atom is 0.294 e. The lowest BCUT2D eigenvalue weighted by molar-refractivity contribution is 0.443. The monoisotopic (exact) mass is 299 g/mol. The number of benzene rings is 1. The smallest absolute Gasteiger partial charge is 0.294 e. The number of aromatic nitrogens is 2. The van der Waals surface area contributed by atoms with Gasteiger partial charge in [-0.2, -0.15) is 0 Å². The second kappa shape index (κ2) is 5.31. The minimum atomic E-state index is -1.57. The van der Waals surface area contributed by atoms with Crippen LogP contribution in [-0.4, -0.2) is 9.36 Å². The van der Waals surface area contributed by atoms with Gasteiger partial charge in [-0.25, -0.2) is 17.9 Å². The topological polar surface area (TPSA) is 52.9 Å². The predicted octanol–water partition coefficient (Wildman–Crippen LogP) is 2.78. The van der Waals surface area contributed by atoms with Crippen molar-refractivity contribution in [2.24, 2.45) is 0 Å². The van der Waals surface area contributed by atoms with Crippen LogP contribution < -0.4 is 11.3 Å². The SMILES string of the molecule is CCn1c(C(C)C)c(N)c(=O)n1-c1cc(F)c(F)c(F)c1. The van der Waals surface area contributed by atoms with Crippen LogP contribution in [0.2, 0.25) is 0 Å². The zero-order valence-electron chi connectivity index (χ0n) is 12.0. The number of nitrogens with two attached hydrogens (primary N) is 1.